The van der Waals surface area contributed by atoms with Gasteiger partial charge in [0.05, 0.1) is 11.9 Å². The van der Waals surface area contributed by atoms with Crippen molar-refractivity contribution < 1.29 is 4.79 Å². The van der Waals surface area contributed by atoms with Gasteiger partial charge in [-0.2, -0.15) is 0 Å². The zero-order valence-electron chi connectivity index (χ0n) is 15.1. The fourth-order valence-electron chi connectivity index (χ4n) is 3.88. The summed E-state index contributed by atoms with van der Waals surface area (Å²) >= 11 is 0. The smallest absolute Gasteiger partial charge is 0.272 e. The van der Waals surface area contributed by atoms with Crippen molar-refractivity contribution in [2.45, 2.75) is 45.6 Å². The largest absolute Gasteiger partial charge is 0.367 e. The average molecular weight is 330 g/mol. The zero-order chi connectivity index (χ0) is 16.9. The highest BCUT2D eigenvalue weighted by atomic mass is 16.2. The predicted molar refractivity (Wildman–Crippen MR) is 97.5 cm³/mol. The number of amides is 1. The standard InChI is InChI=1S/C19H30N4O/c1-3-16-7-5-6-10-23(16)17-8-9-18(20-15-17)19(24)22-13-11-21(4-2)12-14-22/h8-9,15-16H,3-7,10-14H2,1-2H3. The summed E-state index contributed by atoms with van der Waals surface area (Å²) in [5.41, 5.74) is 1.74. The molecule has 0 bridgehead atoms. The lowest BCUT2D eigenvalue weighted by atomic mass is 9.99. The molecule has 0 aromatic carbocycles. The topological polar surface area (TPSA) is 39.7 Å². The molecule has 2 aliphatic heterocycles. The lowest BCUT2D eigenvalue weighted by molar-refractivity contribution is 0.0637. The third-order valence-electron chi connectivity index (χ3n) is 5.50. The van der Waals surface area contributed by atoms with E-state index < -0.39 is 0 Å². The number of nitrogens with zero attached hydrogens (tertiary/aromatic N) is 4. The Morgan fingerprint density at radius 1 is 1.12 bits per heavy atom. The third-order valence-corrected chi connectivity index (χ3v) is 5.50. The molecule has 0 saturated carbocycles. The summed E-state index contributed by atoms with van der Waals surface area (Å²) in [6.45, 7) is 10.1. The van der Waals surface area contributed by atoms with Crippen molar-refractivity contribution in [2.75, 3.05) is 44.2 Å². The molecule has 0 spiro atoms. The minimum absolute atomic E-state index is 0.0722. The van der Waals surface area contributed by atoms with E-state index >= 15 is 0 Å². The number of pyridine rings is 1. The van der Waals surface area contributed by atoms with E-state index in [9.17, 15) is 4.79 Å². The molecule has 1 aromatic heterocycles. The van der Waals surface area contributed by atoms with Crippen LogP contribution in [0.2, 0.25) is 0 Å². The Labute approximate surface area is 145 Å². The molecule has 0 N–H and O–H groups in total. The van der Waals surface area contributed by atoms with Gasteiger partial charge >= 0.3 is 0 Å². The van der Waals surface area contributed by atoms with Gasteiger partial charge in [-0.05, 0) is 44.4 Å². The number of carbonyl (C=O) groups is 1. The number of piperidine rings is 1. The summed E-state index contributed by atoms with van der Waals surface area (Å²) in [6, 6.07) is 4.60. The maximum atomic E-state index is 12.6. The number of aromatic nitrogens is 1. The van der Waals surface area contributed by atoms with E-state index in [4.69, 9.17) is 0 Å². The van der Waals surface area contributed by atoms with Crippen molar-refractivity contribution in [3.8, 4) is 0 Å². The lowest BCUT2D eigenvalue weighted by Crippen LogP contribution is -2.48. The van der Waals surface area contributed by atoms with Gasteiger partial charge in [0.2, 0.25) is 0 Å². The van der Waals surface area contributed by atoms with Gasteiger partial charge < -0.3 is 14.7 Å². The van der Waals surface area contributed by atoms with Crippen LogP contribution in [0.25, 0.3) is 0 Å². The summed E-state index contributed by atoms with van der Waals surface area (Å²) in [4.78, 5) is 23.9. The second kappa shape index (κ2) is 7.97. The predicted octanol–water partition coefficient (Wildman–Crippen LogP) is 2.63. The van der Waals surface area contributed by atoms with Crippen molar-refractivity contribution in [1.29, 1.82) is 0 Å². The summed E-state index contributed by atoms with van der Waals surface area (Å²) < 4.78 is 0. The van der Waals surface area contributed by atoms with Gasteiger partial charge in [-0.25, -0.2) is 4.98 Å². The van der Waals surface area contributed by atoms with E-state index in [1.807, 2.05) is 17.2 Å². The van der Waals surface area contributed by atoms with Crippen LogP contribution in [0.1, 0.15) is 50.0 Å². The second-order valence-electron chi connectivity index (χ2n) is 6.88. The fourth-order valence-corrected chi connectivity index (χ4v) is 3.88. The molecule has 1 atom stereocenters. The minimum atomic E-state index is 0.0722. The molecule has 0 radical (unpaired) electrons. The monoisotopic (exact) mass is 330 g/mol. The molecule has 3 heterocycles. The van der Waals surface area contributed by atoms with Crippen LogP contribution >= 0.6 is 0 Å². The molecule has 5 nitrogen and oxygen atoms in total. The maximum absolute atomic E-state index is 12.6. The van der Waals surface area contributed by atoms with Crippen LogP contribution in [-0.4, -0.2) is 66.0 Å². The molecular weight excluding hydrogens is 300 g/mol. The van der Waals surface area contributed by atoms with Crippen LogP contribution in [0.15, 0.2) is 18.3 Å². The first-order valence-corrected chi connectivity index (χ1v) is 9.47. The summed E-state index contributed by atoms with van der Waals surface area (Å²) in [7, 11) is 0. The highest BCUT2D eigenvalue weighted by Crippen LogP contribution is 2.26. The van der Waals surface area contributed by atoms with E-state index in [2.05, 4.69) is 34.7 Å². The highest BCUT2D eigenvalue weighted by Gasteiger charge is 2.24. The van der Waals surface area contributed by atoms with Gasteiger partial charge in [0.1, 0.15) is 5.69 Å². The number of likely N-dealkylation sites (N-methyl/N-ethyl adjacent to an activating group) is 1. The average Bonchev–Trinajstić information content (AvgIpc) is 2.67. The Kier molecular flexibility index (Phi) is 5.72. The maximum Gasteiger partial charge on any atom is 0.272 e. The Balaban J connectivity index is 1.64. The van der Waals surface area contributed by atoms with Crippen LogP contribution in [0.5, 0.6) is 0 Å². The molecule has 5 heteroatoms. The van der Waals surface area contributed by atoms with Crippen LogP contribution in [0.3, 0.4) is 0 Å². The number of anilines is 1. The van der Waals surface area contributed by atoms with Gasteiger partial charge in [-0.15, -0.1) is 0 Å². The van der Waals surface area contributed by atoms with Crippen LogP contribution < -0.4 is 4.90 Å². The third kappa shape index (κ3) is 3.72. The molecule has 132 valence electrons. The van der Waals surface area contributed by atoms with E-state index in [1.54, 1.807) is 0 Å². The molecule has 1 amide bonds. The van der Waals surface area contributed by atoms with Crippen LogP contribution in [-0.2, 0) is 0 Å². The first-order valence-electron chi connectivity index (χ1n) is 9.47. The van der Waals surface area contributed by atoms with E-state index in [0.29, 0.717) is 11.7 Å². The first-order chi connectivity index (χ1) is 11.7. The lowest BCUT2D eigenvalue weighted by Gasteiger charge is -2.37. The summed E-state index contributed by atoms with van der Waals surface area (Å²) in [5, 5.41) is 0. The minimum Gasteiger partial charge on any atom is -0.367 e. The SMILES string of the molecule is CCC1CCCCN1c1ccc(C(=O)N2CCN(CC)CC2)nc1. The number of piperazine rings is 1. The van der Waals surface area contributed by atoms with Crippen molar-refractivity contribution >= 4 is 11.6 Å². The Morgan fingerprint density at radius 2 is 1.92 bits per heavy atom. The quantitative estimate of drug-likeness (QED) is 0.851. The molecule has 3 rings (SSSR count). The van der Waals surface area contributed by atoms with Crippen LogP contribution in [0.4, 0.5) is 5.69 Å². The number of hydrogen-bond acceptors (Lipinski definition) is 4. The van der Waals surface area contributed by atoms with Gasteiger partial charge in [-0.3, -0.25) is 4.79 Å². The first kappa shape index (κ1) is 17.2. The second-order valence-corrected chi connectivity index (χ2v) is 6.88. The molecule has 2 saturated heterocycles. The van der Waals surface area contributed by atoms with E-state index in [1.165, 1.54) is 25.7 Å². The Morgan fingerprint density at radius 3 is 2.54 bits per heavy atom. The molecular formula is C19H30N4O. The Hall–Kier alpha value is -1.62. The van der Waals surface area contributed by atoms with E-state index in [0.717, 1.165) is 45.0 Å². The van der Waals surface area contributed by atoms with Gasteiger partial charge in [0, 0.05) is 38.8 Å². The van der Waals surface area contributed by atoms with Crippen molar-refractivity contribution in [1.82, 2.24) is 14.8 Å². The number of rotatable bonds is 4. The normalized spacial score (nSPS) is 22.7. The molecule has 1 aromatic rings. The van der Waals surface area contributed by atoms with Crippen molar-refractivity contribution in [3.63, 3.8) is 0 Å². The summed E-state index contributed by atoms with van der Waals surface area (Å²) in [6.07, 6.45) is 6.90. The Bertz CT molecular complexity index is 537. The van der Waals surface area contributed by atoms with E-state index in [-0.39, 0.29) is 5.91 Å². The van der Waals surface area contributed by atoms with Gasteiger partial charge in [0.15, 0.2) is 0 Å². The van der Waals surface area contributed by atoms with Crippen LogP contribution in [0, 0.1) is 0 Å². The molecule has 24 heavy (non-hydrogen) atoms. The number of carbonyl (C=O) groups excluding carboxylic acids is 1. The highest BCUT2D eigenvalue weighted by molar-refractivity contribution is 5.92. The van der Waals surface area contributed by atoms with Gasteiger partial charge in [0.25, 0.3) is 5.91 Å². The molecule has 2 aliphatic rings. The molecule has 2 fully saturated rings. The fraction of sp³-hybridized carbons (Fsp3) is 0.684. The zero-order valence-corrected chi connectivity index (χ0v) is 15.1. The van der Waals surface area contributed by atoms with Crippen molar-refractivity contribution in [3.05, 3.63) is 24.0 Å². The number of hydrogen-bond donors (Lipinski definition) is 0. The molecule has 0 aliphatic carbocycles. The van der Waals surface area contributed by atoms with Crippen molar-refractivity contribution in [2.24, 2.45) is 0 Å². The summed E-state index contributed by atoms with van der Waals surface area (Å²) in [5.74, 6) is 0.0722. The van der Waals surface area contributed by atoms with Gasteiger partial charge in [-0.1, -0.05) is 13.8 Å². The molecule has 1 unspecified atom stereocenters.